The fourth-order valence-electron chi connectivity index (χ4n) is 1.81. The Morgan fingerprint density at radius 3 is 2.75 bits per heavy atom. The highest BCUT2D eigenvalue weighted by atomic mass is 32.2. The number of sulfone groups is 1. The maximum Gasteiger partial charge on any atom is 0.175 e. The van der Waals surface area contributed by atoms with Gasteiger partial charge in [-0.3, -0.25) is 5.32 Å². The predicted octanol–water partition coefficient (Wildman–Crippen LogP) is 1.50. The molecule has 1 saturated carbocycles. The van der Waals surface area contributed by atoms with E-state index in [1.165, 1.54) is 12.1 Å². The summed E-state index contributed by atoms with van der Waals surface area (Å²) in [6, 6.07) is 8.92. The van der Waals surface area contributed by atoms with Gasteiger partial charge in [0.1, 0.15) is 17.9 Å². The van der Waals surface area contributed by atoms with E-state index in [1.807, 2.05) is 0 Å². The molecule has 0 bridgehead atoms. The van der Waals surface area contributed by atoms with Crippen LogP contribution in [-0.4, -0.2) is 32.9 Å². The Morgan fingerprint density at radius 2 is 2.20 bits per heavy atom. The molecule has 108 valence electrons. The Balaban J connectivity index is 2.04. The maximum absolute atomic E-state index is 11.5. The van der Waals surface area contributed by atoms with Crippen LogP contribution in [0.1, 0.15) is 19.8 Å². The Hall–Kier alpha value is -1.58. The van der Waals surface area contributed by atoms with E-state index in [1.54, 1.807) is 19.1 Å². The van der Waals surface area contributed by atoms with Gasteiger partial charge in [0.05, 0.1) is 11.0 Å². The molecular weight excluding hydrogens is 276 g/mol. The van der Waals surface area contributed by atoms with E-state index in [4.69, 9.17) is 4.74 Å². The molecule has 1 aliphatic rings. The average Bonchev–Trinajstić information content (AvgIpc) is 3.20. The first-order valence-corrected chi connectivity index (χ1v) is 8.33. The summed E-state index contributed by atoms with van der Waals surface area (Å²) in [7, 11) is -3.25. The van der Waals surface area contributed by atoms with Gasteiger partial charge < -0.3 is 4.74 Å². The van der Waals surface area contributed by atoms with Crippen molar-refractivity contribution >= 4 is 9.84 Å². The SMILES string of the molecule is CC(C#N)(COc1cccc(S(C)(=O)=O)c1)NC1CC1. The number of nitrogens with one attached hydrogen (secondary N) is 1. The molecule has 1 aromatic carbocycles. The van der Waals surface area contributed by atoms with E-state index in [9.17, 15) is 13.7 Å². The van der Waals surface area contributed by atoms with Crippen molar-refractivity contribution in [2.45, 2.75) is 36.2 Å². The average molecular weight is 294 g/mol. The zero-order valence-electron chi connectivity index (χ0n) is 11.6. The fraction of sp³-hybridized carbons (Fsp3) is 0.500. The number of hydrogen-bond acceptors (Lipinski definition) is 5. The van der Waals surface area contributed by atoms with Crippen molar-refractivity contribution in [2.75, 3.05) is 12.9 Å². The highest BCUT2D eigenvalue weighted by molar-refractivity contribution is 7.90. The maximum atomic E-state index is 11.5. The molecule has 20 heavy (non-hydrogen) atoms. The molecule has 1 aromatic rings. The van der Waals surface area contributed by atoms with Gasteiger partial charge in [-0.1, -0.05) is 6.07 Å². The molecule has 6 heteroatoms. The molecule has 0 amide bonds. The molecule has 0 saturated heterocycles. The second-order valence-electron chi connectivity index (χ2n) is 5.40. The van der Waals surface area contributed by atoms with Crippen LogP contribution in [0, 0.1) is 11.3 Å². The second-order valence-corrected chi connectivity index (χ2v) is 7.41. The zero-order valence-corrected chi connectivity index (χ0v) is 12.4. The molecule has 2 rings (SSSR count). The van der Waals surface area contributed by atoms with Gasteiger partial charge in [0.2, 0.25) is 0 Å². The van der Waals surface area contributed by atoms with Gasteiger partial charge in [-0.2, -0.15) is 5.26 Å². The third-order valence-electron chi connectivity index (χ3n) is 3.11. The molecule has 5 nitrogen and oxygen atoms in total. The summed E-state index contributed by atoms with van der Waals surface area (Å²) in [6.45, 7) is 1.96. The minimum Gasteiger partial charge on any atom is -0.491 e. The quantitative estimate of drug-likeness (QED) is 0.860. The topological polar surface area (TPSA) is 79.2 Å². The molecular formula is C14H18N2O3S. The molecule has 1 unspecified atom stereocenters. The van der Waals surface area contributed by atoms with Crippen LogP contribution in [0.15, 0.2) is 29.2 Å². The van der Waals surface area contributed by atoms with Gasteiger partial charge in [0.25, 0.3) is 0 Å². The number of nitrogens with zero attached hydrogens (tertiary/aromatic N) is 1. The van der Waals surface area contributed by atoms with Crippen LogP contribution in [0.5, 0.6) is 5.75 Å². The number of benzene rings is 1. The molecule has 1 aliphatic carbocycles. The first-order chi connectivity index (χ1) is 9.32. The standard InChI is InChI=1S/C14H18N2O3S/c1-14(9-15,16-11-6-7-11)10-19-12-4-3-5-13(8-12)20(2,17)18/h3-5,8,11,16H,6-7,10H2,1-2H3. The van der Waals surface area contributed by atoms with E-state index in [0.717, 1.165) is 19.1 Å². The van der Waals surface area contributed by atoms with E-state index >= 15 is 0 Å². The van der Waals surface area contributed by atoms with Crippen molar-refractivity contribution in [2.24, 2.45) is 0 Å². The van der Waals surface area contributed by atoms with Crippen molar-refractivity contribution in [3.05, 3.63) is 24.3 Å². The van der Waals surface area contributed by atoms with Crippen molar-refractivity contribution < 1.29 is 13.2 Å². The van der Waals surface area contributed by atoms with Crippen LogP contribution in [-0.2, 0) is 9.84 Å². The minimum atomic E-state index is -3.25. The first kappa shape index (κ1) is 14.8. The van der Waals surface area contributed by atoms with Gasteiger partial charge in [-0.05, 0) is 38.0 Å². The normalized spacial score (nSPS) is 18.1. The summed E-state index contributed by atoms with van der Waals surface area (Å²) < 4.78 is 28.5. The molecule has 1 fully saturated rings. The largest absolute Gasteiger partial charge is 0.491 e. The van der Waals surface area contributed by atoms with Crippen molar-refractivity contribution in [3.63, 3.8) is 0 Å². The van der Waals surface area contributed by atoms with Gasteiger partial charge in [0, 0.05) is 12.3 Å². The van der Waals surface area contributed by atoms with Gasteiger partial charge in [0.15, 0.2) is 9.84 Å². The molecule has 0 spiro atoms. The highest BCUT2D eigenvalue weighted by Crippen LogP contribution is 2.23. The summed E-state index contributed by atoms with van der Waals surface area (Å²) in [5.41, 5.74) is -0.762. The lowest BCUT2D eigenvalue weighted by Crippen LogP contribution is -2.47. The third kappa shape index (κ3) is 3.95. The zero-order chi connectivity index (χ0) is 14.8. The Labute approximate surface area is 119 Å². The fourth-order valence-corrected chi connectivity index (χ4v) is 2.46. The molecule has 1 N–H and O–H groups in total. The lowest BCUT2D eigenvalue weighted by molar-refractivity contribution is 0.232. The summed E-state index contributed by atoms with van der Waals surface area (Å²) in [5, 5.41) is 12.5. The van der Waals surface area contributed by atoms with Crippen molar-refractivity contribution in [3.8, 4) is 11.8 Å². The van der Waals surface area contributed by atoms with Crippen LogP contribution in [0.2, 0.25) is 0 Å². The predicted molar refractivity (Wildman–Crippen MR) is 75.2 cm³/mol. The van der Waals surface area contributed by atoms with Gasteiger partial charge in [-0.15, -0.1) is 0 Å². The van der Waals surface area contributed by atoms with Gasteiger partial charge in [-0.25, -0.2) is 8.42 Å². The van der Waals surface area contributed by atoms with Crippen LogP contribution >= 0.6 is 0 Å². The monoisotopic (exact) mass is 294 g/mol. The molecule has 0 radical (unpaired) electrons. The van der Waals surface area contributed by atoms with Crippen molar-refractivity contribution in [1.29, 1.82) is 5.26 Å². The number of rotatable bonds is 6. The molecule has 1 atom stereocenters. The molecule has 0 aromatic heterocycles. The van der Waals surface area contributed by atoms with E-state index in [2.05, 4.69) is 11.4 Å². The van der Waals surface area contributed by atoms with Crippen LogP contribution in [0.4, 0.5) is 0 Å². The number of nitriles is 1. The molecule has 0 heterocycles. The number of hydrogen-bond donors (Lipinski definition) is 1. The Kier molecular flexibility index (Phi) is 4.02. The Morgan fingerprint density at radius 1 is 1.50 bits per heavy atom. The lowest BCUT2D eigenvalue weighted by Gasteiger charge is -2.23. The van der Waals surface area contributed by atoms with Crippen LogP contribution in [0.25, 0.3) is 0 Å². The summed E-state index contributed by atoms with van der Waals surface area (Å²) in [4.78, 5) is 0.212. The third-order valence-corrected chi connectivity index (χ3v) is 4.22. The Bertz CT molecular complexity index is 632. The van der Waals surface area contributed by atoms with Crippen LogP contribution < -0.4 is 10.1 Å². The van der Waals surface area contributed by atoms with E-state index < -0.39 is 15.4 Å². The summed E-state index contributed by atoms with van der Waals surface area (Å²) >= 11 is 0. The number of ether oxygens (including phenoxy) is 1. The summed E-state index contributed by atoms with van der Waals surface area (Å²) in [5.74, 6) is 0.451. The van der Waals surface area contributed by atoms with E-state index in [-0.39, 0.29) is 11.5 Å². The molecule has 0 aliphatic heterocycles. The summed E-state index contributed by atoms with van der Waals surface area (Å²) in [6.07, 6.45) is 3.32. The van der Waals surface area contributed by atoms with E-state index in [0.29, 0.717) is 11.8 Å². The highest BCUT2D eigenvalue weighted by Gasteiger charge is 2.33. The van der Waals surface area contributed by atoms with Gasteiger partial charge >= 0.3 is 0 Å². The minimum absolute atomic E-state index is 0.174. The second kappa shape index (κ2) is 5.43. The smallest absolute Gasteiger partial charge is 0.175 e. The van der Waals surface area contributed by atoms with Crippen molar-refractivity contribution in [1.82, 2.24) is 5.32 Å². The first-order valence-electron chi connectivity index (χ1n) is 6.44. The van der Waals surface area contributed by atoms with Crippen LogP contribution in [0.3, 0.4) is 0 Å². The lowest BCUT2D eigenvalue weighted by atomic mass is 10.1.